The molecule has 0 aromatic heterocycles. The summed E-state index contributed by atoms with van der Waals surface area (Å²) in [5.41, 5.74) is 0. The lowest BCUT2D eigenvalue weighted by Gasteiger charge is -2.26. The number of rotatable bonds is 9. The number of methoxy groups -OCH3 is 2. The molecule has 1 atom stereocenters. The van der Waals surface area contributed by atoms with Crippen LogP contribution in [0, 0.1) is 11.8 Å². The molecule has 22 heavy (non-hydrogen) atoms. The van der Waals surface area contributed by atoms with Crippen LogP contribution in [-0.2, 0) is 19.1 Å². The third-order valence-corrected chi connectivity index (χ3v) is 4.51. The van der Waals surface area contributed by atoms with Gasteiger partial charge in [-0.15, -0.1) is 0 Å². The van der Waals surface area contributed by atoms with Crippen molar-refractivity contribution in [3.63, 3.8) is 0 Å². The van der Waals surface area contributed by atoms with Crippen molar-refractivity contribution in [1.82, 2.24) is 4.90 Å². The van der Waals surface area contributed by atoms with Crippen LogP contribution in [-0.4, -0.2) is 50.7 Å². The molecule has 0 aromatic rings. The predicted molar refractivity (Wildman–Crippen MR) is 85.4 cm³/mol. The van der Waals surface area contributed by atoms with E-state index in [2.05, 4.69) is 0 Å². The third-order valence-electron chi connectivity index (χ3n) is 4.51. The fraction of sp³-hybridized carbons (Fsp3) is 0.882. The molecule has 0 radical (unpaired) electrons. The van der Waals surface area contributed by atoms with Crippen molar-refractivity contribution in [3.8, 4) is 0 Å². The number of ether oxygens (including phenoxy) is 2. The lowest BCUT2D eigenvalue weighted by atomic mass is 9.86. The standard InChI is InChI=1S/C17H31NO4/c1-14(17(20)22-3)13-18(11-12-21-2)16(19)10-9-15-7-5-4-6-8-15/h14-15H,4-13H2,1-3H3. The molecule has 1 aliphatic rings. The Kier molecular flexibility index (Phi) is 9.13. The maximum absolute atomic E-state index is 12.5. The van der Waals surface area contributed by atoms with Crippen molar-refractivity contribution in [1.29, 1.82) is 0 Å². The maximum atomic E-state index is 12.5. The molecule has 1 amide bonds. The highest BCUT2D eigenvalue weighted by atomic mass is 16.5. The summed E-state index contributed by atoms with van der Waals surface area (Å²) in [6, 6.07) is 0. The van der Waals surface area contributed by atoms with Crippen LogP contribution in [0.3, 0.4) is 0 Å². The number of amides is 1. The number of hydrogen-bond donors (Lipinski definition) is 0. The van der Waals surface area contributed by atoms with E-state index in [4.69, 9.17) is 9.47 Å². The van der Waals surface area contributed by atoms with Gasteiger partial charge in [-0.25, -0.2) is 0 Å². The molecule has 128 valence electrons. The van der Waals surface area contributed by atoms with Crippen LogP contribution in [0.15, 0.2) is 0 Å². The van der Waals surface area contributed by atoms with E-state index in [0.717, 1.165) is 6.42 Å². The number of nitrogens with zero attached hydrogens (tertiary/aromatic N) is 1. The second-order valence-electron chi connectivity index (χ2n) is 6.30. The molecule has 1 fully saturated rings. The topological polar surface area (TPSA) is 55.8 Å². The molecule has 1 unspecified atom stereocenters. The van der Waals surface area contributed by atoms with E-state index < -0.39 is 0 Å². The lowest BCUT2D eigenvalue weighted by Crippen LogP contribution is -2.39. The highest BCUT2D eigenvalue weighted by molar-refractivity contribution is 5.78. The van der Waals surface area contributed by atoms with Crippen molar-refractivity contribution < 1.29 is 19.1 Å². The number of carbonyl (C=O) groups is 2. The van der Waals surface area contributed by atoms with Gasteiger partial charge >= 0.3 is 5.97 Å². The van der Waals surface area contributed by atoms with Crippen LogP contribution < -0.4 is 0 Å². The first-order valence-corrected chi connectivity index (χ1v) is 8.43. The second kappa shape index (κ2) is 10.6. The average molecular weight is 313 g/mol. The van der Waals surface area contributed by atoms with Gasteiger partial charge in [0.25, 0.3) is 0 Å². The Morgan fingerprint density at radius 3 is 2.45 bits per heavy atom. The van der Waals surface area contributed by atoms with Crippen LogP contribution >= 0.6 is 0 Å². The molecule has 0 saturated heterocycles. The Labute approximate surface area is 134 Å². The van der Waals surface area contributed by atoms with Crippen molar-refractivity contribution in [3.05, 3.63) is 0 Å². The van der Waals surface area contributed by atoms with Crippen molar-refractivity contribution >= 4 is 11.9 Å². The van der Waals surface area contributed by atoms with Gasteiger partial charge < -0.3 is 14.4 Å². The fourth-order valence-electron chi connectivity index (χ4n) is 3.09. The Hall–Kier alpha value is -1.10. The monoisotopic (exact) mass is 313 g/mol. The van der Waals surface area contributed by atoms with Gasteiger partial charge in [0.05, 0.1) is 19.6 Å². The Morgan fingerprint density at radius 2 is 1.86 bits per heavy atom. The molecule has 5 heteroatoms. The van der Waals surface area contributed by atoms with Gasteiger partial charge in [0.2, 0.25) is 5.91 Å². The zero-order valence-corrected chi connectivity index (χ0v) is 14.3. The van der Waals surface area contributed by atoms with Crippen LogP contribution in [0.2, 0.25) is 0 Å². The minimum Gasteiger partial charge on any atom is -0.469 e. The van der Waals surface area contributed by atoms with Crippen molar-refractivity contribution in [2.75, 3.05) is 33.9 Å². The average Bonchev–Trinajstić information content (AvgIpc) is 2.56. The number of hydrogen-bond acceptors (Lipinski definition) is 4. The smallest absolute Gasteiger partial charge is 0.310 e. The van der Waals surface area contributed by atoms with E-state index in [1.54, 1.807) is 18.9 Å². The van der Waals surface area contributed by atoms with Gasteiger partial charge in [-0.2, -0.15) is 0 Å². The molecule has 0 heterocycles. The maximum Gasteiger partial charge on any atom is 0.310 e. The van der Waals surface area contributed by atoms with Crippen LogP contribution in [0.1, 0.15) is 51.9 Å². The number of carbonyl (C=O) groups excluding carboxylic acids is 2. The Morgan fingerprint density at radius 1 is 1.18 bits per heavy atom. The molecule has 5 nitrogen and oxygen atoms in total. The molecular weight excluding hydrogens is 282 g/mol. The zero-order valence-electron chi connectivity index (χ0n) is 14.3. The van der Waals surface area contributed by atoms with Gasteiger partial charge in [-0.1, -0.05) is 39.0 Å². The van der Waals surface area contributed by atoms with Gasteiger partial charge in [0.1, 0.15) is 0 Å². The summed E-state index contributed by atoms with van der Waals surface area (Å²) in [6.07, 6.45) is 7.98. The van der Waals surface area contributed by atoms with E-state index in [0.29, 0.717) is 32.0 Å². The van der Waals surface area contributed by atoms with E-state index in [-0.39, 0.29) is 17.8 Å². The summed E-state index contributed by atoms with van der Waals surface area (Å²) in [7, 11) is 3.00. The summed E-state index contributed by atoms with van der Waals surface area (Å²) >= 11 is 0. The molecule has 0 aliphatic heterocycles. The number of esters is 1. The van der Waals surface area contributed by atoms with Crippen molar-refractivity contribution in [2.24, 2.45) is 11.8 Å². The zero-order chi connectivity index (χ0) is 16.4. The molecule has 1 rings (SSSR count). The largest absolute Gasteiger partial charge is 0.469 e. The minimum atomic E-state index is -0.305. The molecule has 1 aliphatic carbocycles. The first kappa shape index (κ1) is 18.9. The summed E-state index contributed by atoms with van der Waals surface area (Å²) in [5.74, 6) is 0.237. The van der Waals surface area contributed by atoms with Crippen LogP contribution in [0.4, 0.5) is 0 Å². The second-order valence-corrected chi connectivity index (χ2v) is 6.30. The summed E-state index contributed by atoms with van der Waals surface area (Å²) < 4.78 is 9.82. The van der Waals surface area contributed by atoms with Gasteiger partial charge in [0, 0.05) is 26.6 Å². The van der Waals surface area contributed by atoms with Gasteiger partial charge in [0.15, 0.2) is 0 Å². The molecule has 0 aromatic carbocycles. The normalized spacial score (nSPS) is 17.0. The highest BCUT2D eigenvalue weighted by Crippen LogP contribution is 2.27. The summed E-state index contributed by atoms with van der Waals surface area (Å²) in [5, 5.41) is 0. The van der Waals surface area contributed by atoms with E-state index in [1.807, 2.05) is 0 Å². The molecule has 1 saturated carbocycles. The highest BCUT2D eigenvalue weighted by Gasteiger charge is 2.22. The third kappa shape index (κ3) is 6.77. The molecule has 0 N–H and O–H groups in total. The van der Waals surface area contributed by atoms with E-state index in [1.165, 1.54) is 39.2 Å². The van der Waals surface area contributed by atoms with Gasteiger partial charge in [-0.05, 0) is 12.3 Å². The minimum absolute atomic E-state index is 0.123. The quantitative estimate of drug-likeness (QED) is 0.614. The summed E-state index contributed by atoms with van der Waals surface area (Å²) in [4.78, 5) is 25.8. The Bertz CT molecular complexity index is 340. The van der Waals surface area contributed by atoms with Crippen LogP contribution in [0.5, 0.6) is 0 Å². The fourth-order valence-corrected chi connectivity index (χ4v) is 3.09. The predicted octanol–water partition coefficient (Wildman–Crippen LogP) is 2.63. The lowest BCUT2D eigenvalue weighted by molar-refractivity contribution is -0.146. The molecule has 0 bridgehead atoms. The van der Waals surface area contributed by atoms with E-state index >= 15 is 0 Å². The molecule has 0 spiro atoms. The first-order chi connectivity index (χ1) is 10.6. The SMILES string of the molecule is COCCN(CC(C)C(=O)OC)C(=O)CCC1CCCCC1. The van der Waals surface area contributed by atoms with Gasteiger partial charge in [-0.3, -0.25) is 9.59 Å². The molecular formula is C17H31NO4. The first-order valence-electron chi connectivity index (χ1n) is 8.43. The summed E-state index contributed by atoms with van der Waals surface area (Å²) in [6.45, 7) is 3.21. The Balaban J connectivity index is 2.45. The van der Waals surface area contributed by atoms with Crippen molar-refractivity contribution in [2.45, 2.75) is 51.9 Å². The van der Waals surface area contributed by atoms with E-state index in [9.17, 15) is 9.59 Å². The van der Waals surface area contributed by atoms with Crippen LogP contribution in [0.25, 0.3) is 0 Å².